The third-order valence-electron chi connectivity index (χ3n) is 1.72. The fraction of sp³-hybridized carbons (Fsp3) is 0.111. The van der Waals surface area contributed by atoms with Crippen molar-refractivity contribution >= 4 is 35.2 Å². The van der Waals surface area contributed by atoms with Crippen LogP contribution in [0.5, 0.6) is 0 Å². The maximum absolute atomic E-state index is 6.01. The van der Waals surface area contributed by atoms with Crippen LogP contribution in [0.25, 0.3) is 10.6 Å². The largest absolute Gasteiger partial charge is 0.343 e. The van der Waals surface area contributed by atoms with E-state index < -0.39 is 0 Å². The van der Waals surface area contributed by atoms with E-state index in [2.05, 4.69) is 9.97 Å². The fourth-order valence-electron chi connectivity index (χ4n) is 1.19. The van der Waals surface area contributed by atoms with Crippen molar-refractivity contribution in [3.05, 3.63) is 33.0 Å². The number of aromatic amines is 1. The third kappa shape index (κ3) is 1.87. The van der Waals surface area contributed by atoms with Crippen LogP contribution >= 0.6 is 35.2 Å². The van der Waals surface area contributed by atoms with E-state index in [0.29, 0.717) is 4.64 Å². The molecular weight excluding hydrogens is 236 g/mol. The van der Waals surface area contributed by atoms with Crippen molar-refractivity contribution < 1.29 is 0 Å². The molecule has 0 atom stereocenters. The first-order valence-electron chi connectivity index (χ1n) is 3.98. The predicted octanol–water partition coefficient (Wildman–Crippen LogP) is 3.83. The molecule has 5 heteroatoms. The van der Waals surface area contributed by atoms with Gasteiger partial charge in [-0.25, -0.2) is 4.98 Å². The van der Waals surface area contributed by atoms with Gasteiger partial charge >= 0.3 is 0 Å². The summed E-state index contributed by atoms with van der Waals surface area (Å²) in [6.07, 6.45) is 0. The number of nitrogens with one attached hydrogen (secondary N) is 1. The summed E-state index contributed by atoms with van der Waals surface area (Å²) in [7, 11) is 0. The van der Waals surface area contributed by atoms with Crippen molar-refractivity contribution in [3.63, 3.8) is 0 Å². The lowest BCUT2D eigenvalue weighted by Gasteiger charge is -2.00. The summed E-state index contributed by atoms with van der Waals surface area (Å²) in [4.78, 5) is 8.24. The molecule has 1 N–H and O–H groups in total. The Kier molecular flexibility index (Phi) is 2.67. The zero-order valence-electron chi connectivity index (χ0n) is 7.37. The number of aryl methyl sites for hydroxylation is 1. The van der Waals surface area contributed by atoms with E-state index >= 15 is 0 Å². The molecular formula is C9H7ClN2S2. The molecule has 0 unspecified atom stereocenters. The van der Waals surface area contributed by atoms with Crippen LogP contribution < -0.4 is 0 Å². The molecule has 2 aromatic rings. The quantitative estimate of drug-likeness (QED) is 0.770. The van der Waals surface area contributed by atoms with Crippen LogP contribution in [0.1, 0.15) is 5.82 Å². The molecule has 0 aliphatic heterocycles. The maximum atomic E-state index is 6.01. The first kappa shape index (κ1) is 9.83. The Morgan fingerprint density at radius 3 is 2.93 bits per heavy atom. The molecule has 2 nitrogen and oxygen atoms in total. The highest BCUT2D eigenvalue weighted by Gasteiger charge is 2.05. The highest BCUT2D eigenvalue weighted by Crippen LogP contribution is 2.31. The Hall–Kier alpha value is -0.710. The Morgan fingerprint density at radius 2 is 2.36 bits per heavy atom. The average molecular weight is 243 g/mol. The van der Waals surface area contributed by atoms with E-state index in [-0.39, 0.29) is 0 Å². The number of aromatic nitrogens is 2. The summed E-state index contributed by atoms with van der Waals surface area (Å²) in [5.74, 6) is 0.803. The number of hydrogen-bond donors (Lipinski definition) is 1. The summed E-state index contributed by atoms with van der Waals surface area (Å²) in [6, 6.07) is 3.69. The van der Waals surface area contributed by atoms with Gasteiger partial charge in [0.2, 0.25) is 0 Å². The molecule has 0 aliphatic rings. The van der Waals surface area contributed by atoms with Gasteiger partial charge in [0.05, 0.1) is 15.6 Å². The van der Waals surface area contributed by atoms with E-state index in [1.165, 1.54) is 0 Å². The molecule has 0 fully saturated rings. The summed E-state index contributed by atoms with van der Waals surface area (Å²) < 4.78 is 0.584. The molecule has 0 saturated heterocycles. The van der Waals surface area contributed by atoms with Gasteiger partial charge in [0.25, 0.3) is 0 Å². The van der Waals surface area contributed by atoms with Gasteiger partial charge in [-0.2, -0.15) is 0 Å². The van der Waals surface area contributed by atoms with Crippen LogP contribution in [0.4, 0.5) is 0 Å². The smallest absolute Gasteiger partial charge is 0.130 e. The van der Waals surface area contributed by atoms with Crippen LogP contribution in [0.2, 0.25) is 5.02 Å². The second kappa shape index (κ2) is 3.81. The summed E-state index contributed by atoms with van der Waals surface area (Å²) in [5, 5.41) is 2.69. The minimum absolute atomic E-state index is 0.584. The summed E-state index contributed by atoms with van der Waals surface area (Å²) in [6.45, 7) is 1.88. The third-order valence-corrected chi connectivity index (χ3v) is 3.31. The molecule has 72 valence electrons. The average Bonchev–Trinajstić information content (AvgIpc) is 2.49. The van der Waals surface area contributed by atoms with Gasteiger partial charge in [-0.1, -0.05) is 23.8 Å². The standard InChI is InChI=1S/C9H7ClN2S2/c1-5-11-7(4-8(13)12-5)9-6(10)2-3-14-9/h2-4H,1H3,(H,11,12,13). The van der Waals surface area contributed by atoms with Crippen LogP contribution in [0.3, 0.4) is 0 Å². The Labute approximate surface area is 95.6 Å². The predicted molar refractivity (Wildman–Crippen MR) is 62.5 cm³/mol. The highest BCUT2D eigenvalue weighted by molar-refractivity contribution is 7.71. The van der Waals surface area contributed by atoms with Crippen molar-refractivity contribution in [1.82, 2.24) is 9.97 Å². The second-order valence-corrected chi connectivity index (χ2v) is 4.56. The number of H-pyrrole nitrogens is 1. The first-order chi connectivity index (χ1) is 6.66. The lowest BCUT2D eigenvalue weighted by Crippen LogP contribution is -1.89. The van der Waals surface area contributed by atoms with E-state index in [1.807, 2.05) is 24.4 Å². The van der Waals surface area contributed by atoms with Crippen molar-refractivity contribution in [1.29, 1.82) is 0 Å². The lowest BCUT2D eigenvalue weighted by molar-refractivity contribution is 1.05. The zero-order chi connectivity index (χ0) is 10.1. The highest BCUT2D eigenvalue weighted by atomic mass is 35.5. The molecule has 2 rings (SSSR count). The minimum Gasteiger partial charge on any atom is -0.343 e. The Balaban J connectivity index is 2.63. The van der Waals surface area contributed by atoms with Crippen LogP contribution in [-0.4, -0.2) is 9.97 Å². The molecule has 0 bridgehead atoms. The van der Waals surface area contributed by atoms with Crippen molar-refractivity contribution in [2.75, 3.05) is 0 Å². The fourth-order valence-corrected chi connectivity index (χ4v) is 2.57. The van der Waals surface area contributed by atoms with E-state index in [4.69, 9.17) is 23.8 Å². The van der Waals surface area contributed by atoms with E-state index in [1.54, 1.807) is 11.3 Å². The van der Waals surface area contributed by atoms with Gasteiger partial charge in [0.15, 0.2) is 0 Å². The van der Waals surface area contributed by atoms with Gasteiger partial charge in [-0.15, -0.1) is 11.3 Å². The number of thiophene rings is 1. The number of hydrogen-bond acceptors (Lipinski definition) is 3. The zero-order valence-corrected chi connectivity index (χ0v) is 9.76. The number of halogens is 1. The first-order valence-corrected chi connectivity index (χ1v) is 5.65. The van der Waals surface area contributed by atoms with Crippen LogP contribution in [-0.2, 0) is 0 Å². The van der Waals surface area contributed by atoms with E-state index in [0.717, 1.165) is 21.4 Å². The maximum Gasteiger partial charge on any atom is 0.130 e. The second-order valence-electron chi connectivity index (χ2n) is 2.82. The van der Waals surface area contributed by atoms with E-state index in [9.17, 15) is 0 Å². The molecule has 2 heterocycles. The lowest BCUT2D eigenvalue weighted by atomic mass is 10.3. The number of rotatable bonds is 1. The molecule has 0 radical (unpaired) electrons. The molecule has 0 aliphatic carbocycles. The van der Waals surface area contributed by atoms with Crippen molar-refractivity contribution in [2.45, 2.75) is 6.92 Å². The topological polar surface area (TPSA) is 28.7 Å². The normalized spacial score (nSPS) is 10.4. The van der Waals surface area contributed by atoms with Gasteiger partial charge in [-0.3, -0.25) is 0 Å². The molecule has 0 spiro atoms. The van der Waals surface area contributed by atoms with Gasteiger partial charge in [0.1, 0.15) is 10.5 Å². The Morgan fingerprint density at radius 1 is 1.57 bits per heavy atom. The van der Waals surface area contributed by atoms with Gasteiger partial charge in [0, 0.05) is 0 Å². The number of nitrogens with zero attached hydrogens (tertiary/aromatic N) is 1. The Bertz CT molecular complexity index is 516. The van der Waals surface area contributed by atoms with Crippen LogP contribution in [0, 0.1) is 11.6 Å². The molecule has 0 saturated carbocycles. The molecule has 0 amide bonds. The monoisotopic (exact) mass is 242 g/mol. The van der Waals surface area contributed by atoms with Crippen LogP contribution in [0.15, 0.2) is 17.5 Å². The van der Waals surface area contributed by atoms with Gasteiger partial charge in [-0.05, 0) is 24.4 Å². The molecule has 2 aromatic heterocycles. The summed E-state index contributed by atoms with van der Waals surface area (Å²) >= 11 is 12.6. The van der Waals surface area contributed by atoms with Gasteiger partial charge < -0.3 is 4.98 Å². The SMILES string of the molecule is Cc1nc(=S)cc(-c2sccc2Cl)[nH]1. The minimum atomic E-state index is 0.584. The van der Waals surface area contributed by atoms with Crippen molar-refractivity contribution in [2.24, 2.45) is 0 Å². The summed E-state index contributed by atoms with van der Waals surface area (Å²) in [5.41, 5.74) is 0.933. The molecule has 14 heavy (non-hydrogen) atoms. The molecule has 0 aromatic carbocycles. The van der Waals surface area contributed by atoms with Crippen molar-refractivity contribution in [3.8, 4) is 10.6 Å².